The van der Waals surface area contributed by atoms with E-state index in [0.29, 0.717) is 48.8 Å². The highest BCUT2D eigenvalue weighted by Crippen LogP contribution is 2.30. The van der Waals surface area contributed by atoms with Gasteiger partial charge in [-0.05, 0) is 17.7 Å². The molecule has 1 aromatic rings. The first-order chi connectivity index (χ1) is 11.1. The van der Waals surface area contributed by atoms with Crippen molar-refractivity contribution < 1.29 is 9.53 Å². The molecule has 5 nitrogen and oxygen atoms in total. The van der Waals surface area contributed by atoms with Gasteiger partial charge in [0.1, 0.15) is 6.04 Å². The van der Waals surface area contributed by atoms with Gasteiger partial charge in [0, 0.05) is 48.7 Å². The lowest BCUT2D eigenvalue weighted by Gasteiger charge is -2.35. The average molecular weight is 358 g/mol. The first-order valence-electron chi connectivity index (χ1n) is 7.90. The lowest BCUT2D eigenvalue weighted by atomic mass is 10.0. The van der Waals surface area contributed by atoms with Crippen molar-refractivity contribution in [2.45, 2.75) is 6.04 Å². The number of hydrogen-bond acceptors (Lipinski definition) is 4. The Balaban J connectivity index is 1.78. The zero-order chi connectivity index (χ0) is 16.2. The molecule has 126 valence electrons. The van der Waals surface area contributed by atoms with Gasteiger partial charge in [0.2, 0.25) is 5.91 Å². The highest BCUT2D eigenvalue weighted by atomic mass is 35.5. The number of rotatable bonds is 5. The summed E-state index contributed by atoms with van der Waals surface area (Å²) in [5.74, 6) is 0.507. The predicted molar refractivity (Wildman–Crippen MR) is 91.0 cm³/mol. The number of benzene rings is 1. The van der Waals surface area contributed by atoms with Crippen LogP contribution in [-0.4, -0.2) is 56.7 Å². The van der Waals surface area contributed by atoms with Crippen molar-refractivity contribution in [3.05, 3.63) is 33.8 Å². The molecule has 0 saturated carbocycles. The number of morpholine rings is 1. The molecular weight excluding hydrogens is 337 g/mol. The molecule has 0 radical (unpaired) electrons. The fourth-order valence-electron chi connectivity index (χ4n) is 2.90. The Bertz CT molecular complexity index is 560. The molecule has 7 heteroatoms. The second-order valence-electron chi connectivity index (χ2n) is 5.99. The topological polar surface area (TPSA) is 53.6 Å². The second-order valence-corrected chi connectivity index (χ2v) is 6.83. The summed E-state index contributed by atoms with van der Waals surface area (Å²) < 4.78 is 5.40. The molecule has 2 N–H and O–H groups in total. The van der Waals surface area contributed by atoms with Gasteiger partial charge in [-0.3, -0.25) is 9.69 Å². The standard InChI is InChI=1S/C16H21Cl2N3O2/c17-12-1-2-13(14(18)7-12)15(21-3-5-23-6-4-21)16(22)20-10-11-8-19-9-11/h1-2,7,11,15,19H,3-6,8-10H2,(H,20,22). The highest BCUT2D eigenvalue weighted by Gasteiger charge is 2.31. The van der Waals surface area contributed by atoms with Crippen LogP contribution in [0.4, 0.5) is 0 Å². The van der Waals surface area contributed by atoms with Crippen molar-refractivity contribution in [3.8, 4) is 0 Å². The van der Waals surface area contributed by atoms with Crippen molar-refractivity contribution in [1.29, 1.82) is 0 Å². The number of carbonyl (C=O) groups excluding carboxylic acids is 1. The van der Waals surface area contributed by atoms with E-state index in [0.717, 1.165) is 18.7 Å². The van der Waals surface area contributed by atoms with E-state index in [-0.39, 0.29) is 5.91 Å². The molecule has 1 aromatic carbocycles. The minimum absolute atomic E-state index is 0.0111. The molecule has 0 aliphatic carbocycles. The molecule has 2 saturated heterocycles. The summed E-state index contributed by atoms with van der Waals surface area (Å²) in [6, 6.07) is 4.90. The summed E-state index contributed by atoms with van der Waals surface area (Å²) in [4.78, 5) is 14.9. The van der Waals surface area contributed by atoms with Crippen LogP contribution in [0.25, 0.3) is 0 Å². The Morgan fingerprint density at radius 2 is 2.09 bits per heavy atom. The molecule has 1 amide bonds. The molecule has 0 bridgehead atoms. The van der Waals surface area contributed by atoms with Gasteiger partial charge in [-0.2, -0.15) is 0 Å². The minimum Gasteiger partial charge on any atom is -0.379 e. The number of carbonyl (C=O) groups is 1. The van der Waals surface area contributed by atoms with Crippen LogP contribution in [-0.2, 0) is 9.53 Å². The predicted octanol–water partition coefficient (Wildman–Crippen LogP) is 1.70. The number of amides is 1. The van der Waals surface area contributed by atoms with E-state index in [1.807, 2.05) is 6.07 Å². The molecule has 0 aromatic heterocycles. The van der Waals surface area contributed by atoms with E-state index >= 15 is 0 Å². The SMILES string of the molecule is O=C(NCC1CNC1)C(c1ccc(Cl)cc1Cl)N1CCOCC1. The number of ether oxygens (including phenoxy) is 1. The third-order valence-corrected chi connectivity index (χ3v) is 4.91. The molecule has 2 aliphatic heterocycles. The molecular formula is C16H21Cl2N3O2. The van der Waals surface area contributed by atoms with Crippen LogP contribution in [0.3, 0.4) is 0 Å². The van der Waals surface area contributed by atoms with Crippen LogP contribution < -0.4 is 10.6 Å². The Kier molecular flexibility index (Phi) is 5.77. The molecule has 1 atom stereocenters. The number of nitrogens with zero attached hydrogens (tertiary/aromatic N) is 1. The number of halogens is 2. The van der Waals surface area contributed by atoms with Gasteiger partial charge >= 0.3 is 0 Å². The molecule has 23 heavy (non-hydrogen) atoms. The van der Waals surface area contributed by atoms with Gasteiger partial charge in [-0.25, -0.2) is 0 Å². The van der Waals surface area contributed by atoms with Crippen LogP contribution in [0.15, 0.2) is 18.2 Å². The van der Waals surface area contributed by atoms with E-state index in [1.54, 1.807) is 12.1 Å². The normalized spacial score (nSPS) is 20.8. The Labute approximate surface area is 146 Å². The fourth-order valence-corrected chi connectivity index (χ4v) is 3.41. The maximum Gasteiger partial charge on any atom is 0.242 e. The largest absolute Gasteiger partial charge is 0.379 e. The lowest BCUT2D eigenvalue weighted by molar-refractivity contribution is -0.128. The minimum atomic E-state index is -0.406. The number of nitrogens with one attached hydrogen (secondary N) is 2. The Morgan fingerprint density at radius 1 is 1.35 bits per heavy atom. The van der Waals surface area contributed by atoms with Crippen molar-refractivity contribution in [3.63, 3.8) is 0 Å². The summed E-state index contributed by atoms with van der Waals surface area (Å²) in [5.41, 5.74) is 0.794. The van der Waals surface area contributed by atoms with Crippen LogP contribution >= 0.6 is 23.2 Å². The molecule has 0 spiro atoms. The molecule has 2 fully saturated rings. The zero-order valence-electron chi connectivity index (χ0n) is 12.9. The summed E-state index contributed by atoms with van der Waals surface area (Å²) >= 11 is 12.3. The average Bonchev–Trinajstić information content (AvgIpc) is 2.49. The van der Waals surface area contributed by atoms with Crippen molar-refractivity contribution in [2.75, 3.05) is 45.9 Å². The van der Waals surface area contributed by atoms with Crippen LogP contribution in [0.5, 0.6) is 0 Å². The monoisotopic (exact) mass is 357 g/mol. The Morgan fingerprint density at radius 3 is 2.70 bits per heavy atom. The van der Waals surface area contributed by atoms with Gasteiger partial charge in [-0.1, -0.05) is 29.3 Å². The van der Waals surface area contributed by atoms with Crippen molar-refractivity contribution >= 4 is 29.1 Å². The fraction of sp³-hybridized carbons (Fsp3) is 0.562. The Hall–Kier alpha value is -0.850. The quantitative estimate of drug-likeness (QED) is 0.842. The van der Waals surface area contributed by atoms with Gasteiger partial charge in [-0.15, -0.1) is 0 Å². The van der Waals surface area contributed by atoms with E-state index in [4.69, 9.17) is 27.9 Å². The maximum atomic E-state index is 12.8. The summed E-state index contributed by atoms with van der Waals surface area (Å²) in [6.45, 7) is 5.29. The molecule has 2 heterocycles. The van der Waals surface area contributed by atoms with Gasteiger partial charge in [0.15, 0.2) is 0 Å². The first-order valence-corrected chi connectivity index (χ1v) is 8.66. The van der Waals surface area contributed by atoms with Gasteiger partial charge in [0.25, 0.3) is 0 Å². The van der Waals surface area contributed by atoms with E-state index < -0.39 is 6.04 Å². The van der Waals surface area contributed by atoms with Crippen molar-refractivity contribution in [1.82, 2.24) is 15.5 Å². The maximum absolute atomic E-state index is 12.8. The zero-order valence-corrected chi connectivity index (χ0v) is 14.4. The van der Waals surface area contributed by atoms with Crippen molar-refractivity contribution in [2.24, 2.45) is 5.92 Å². The van der Waals surface area contributed by atoms with Crippen LogP contribution in [0, 0.1) is 5.92 Å². The van der Waals surface area contributed by atoms with E-state index in [1.165, 1.54) is 0 Å². The number of hydrogen-bond donors (Lipinski definition) is 2. The van der Waals surface area contributed by atoms with Gasteiger partial charge < -0.3 is 15.4 Å². The highest BCUT2D eigenvalue weighted by molar-refractivity contribution is 6.35. The second kappa shape index (κ2) is 7.81. The van der Waals surface area contributed by atoms with E-state index in [2.05, 4.69) is 15.5 Å². The summed E-state index contributed by atoms with van der Waals surface area (Å²) in [6.07, 6.45) is 0. The van der Waals surface area contributed by atoms with Gasteiger partial charge in [0.05, 0.1) is 13.2 Å². The smallest absolute Gasteiger partial charge is 0.242 e. The molecule has 3 rings (SSSR count). The molecule has 2 aliphatic rings. The summed E-state index contributed by atoms with van der Waals surface area (Å²) in [7, 11) is 0. The third-order valence-electron chi connectivity index (χ3n) is 4.35. The first kappa shape index (κ1) is 17.0. The third kappa shape index (κ3) is 4.17. The summed E-state index contributed by atoms with van der Waals surface area (Å²) in [5, 5.41) is 7.37. The molecule has 1 unspecified atom stereocenters. The van der Waals surface area contributed by atoms with E-state index in [9.17, 15) is 4.79 Å². The lowest BCUT2D eigenvalue weighted by Crippen LogP contribution is -2.51. The van der Waals surface area contributed by atoms with Crippen LogP contribution in [0.1, 0.15) is 11.6 Å². The van der Waals surface area contributed by atoms with Crippen LogP contribution in [0.2, 0.25) is 10.0 Å².